The van der Waals surface area contributed by atoms with Crippen LogP contribution in [0, 0.1) is 5.82 Å². The number of methoxy groups -OCH3 is 1. The average molecular weight is 353 g/mol. The molecular weight excluding hydrogens is 333 g/mol. The number of aromatic nitrogens is 2. The summed E-state index contributed by atoms with van der Waals surface area (Å²) in [6.07, 6.45) is 3.54. The van der Waals surface area contributed by atoms with Gasteiger partial charge in [-0.1, -0.05) is 6.07 Å². The number of hydrogen-bond acceptors (Lipinski definition) is 3. The van der Waals surface area contributed by atoms with Crippen LogP contribution < -0.4 is 4.74 Å². The summed E-state index contributed by atoms with van der Waals surface area (Å²) in [5.41, 5.74) is 2.18. The smallest absolute Gasteiger partial charge is 0.254 e. The molecule has 0 bridgehead atoms. The Balaban J connectivity index is 1.75. The molecule has 134 valence electrons. The number of halogens is 1. The lowest BCUT2D eigenvalue weighted by atomic mass is 10.1. The average Bonchev–Trinajstić information content (AvgIpc) is 3.20. The molecule has 0 aliphatic carbocycles. The summed E-state index contributed by atoms with van der Waals surface area (Å²) in [6, 6.07) is 13.8. The van der Waals surface area contributed by atoms with Crippen LogP contribution in [0.15, 0.2) is 60.9 Å². The van der Waals surface area contributed by atoms with E-state index in [-0.39, 0.29) is 11.7 Å². The van der Waals surface area contributed by atoms with Crippen LogP contribution in [0.3, 0.4) is 0 Å². The van der Waals surface area contributed by atoms with Crippen LogP contribution in [0.25, 0.3) is 5.69 Å². The molecule has 0 fully saturated rings. The molecule has 0 aliphatic rings. The maximum Gasteiger partial charge on any atom is 0.254 e. The number of hydrogen-bond donors (Lipinski definition) is 0. The Morgan fingerprint density at radius 1 is 1.23 bits per heavy atom. The Morgan fingerprint density at radius 2 is 2.00 bits per heavy atom. The van der Waals surface area contributed by atoms with Crippen LogP contribution in [0.4, 0.5) is 4.39 Å². The third-order valence-corrected chi connectivity index (χ3v) is 4.14. The molecule has 1 aromatic heterocycles. The van der Waals surface area contributed by atoms with Gasteiger partial charge in [0.15, 0.2) is 11.6 Å². The first-order valence-corrected chi connectivity index (χ1v) is 8.34. The zero-order chi connectivity index (χ0) is 18.5. The van der Waals surface area contributed by atoms with Gasteiger partial charge in [0.25, 0.3) is 5.91 Å². The summed E-state index contributed by atoms with van der Waals surface area (Å²) in [6.45, 7) is 2.75. The quantitative estimate of drug-likeness (QED) is 0.679. The van der Waals surface area contributed by atoms with Crippen molar-refractivity contribution in [2.24, 2.45) is 0 Å². The van der Waals surface area contributed by atoms with Gasteiger partial charge in [0.2, 0.25) is 0 Å². The van der Waals surface area contributed by atoms with Gasteiger partial charge < -0.3 is 9.64 Å². The van der Waals surface area contributed by atoms with Crippen molar-refractivity contribution in [2.75, 3.05) is 13.7 Å². The van der Waals surface area contributed by atoms with Gasteiger partial charge in [0.05, 0.1) is 12.8 Å². The number of rotatable bonds is 6. The van der Waals surface area contributed by atoms with E-state index in [2.05, 4.69) is 5.10 Å². The highest BCUT2D eigenvalue weighted by Crippen LogP contribution is 2.19. The Bertz CT molecular complexity index is 877. The minimum absolute atomic E-state index is 0.101. The van der Waals surface area contributed by atoms with Crippen LogP contribution in [0.2, 0.25) is 0 Å². The SMILES string of the molecule is CCN(Cc1ccc(OC)c(F)c1)C(=O)c1ccc(-n2cccn2)cc1. The molecule has 3 rings (SSSR count). The van der Waals surface area contributed by atoms with Gasteiger partial charge in [-0.25, -0.2) is 9.07 Å². The number of nitrogens with zero attached hydrogens (tertiary/aromatic N) is 3. The molecule has 1 amide bonds. The van der Waals surface area contributed by atoms with Gasteiger partial charge in [0.1, 0.15) is 0 Å². The normalized spacial score (nSPS) is 10.6. The van der Waals surface area contributed by atoms with Crippen molar-refractivity contribution in [2.45, 2.75) is 13.5 Å². The van der Waals surface area contributed by atoms with E-state index in [0.717, 1.165) is 5.69 Å². The number of benzene rings is 2. The van der Waals surface area contributed by atoms with Gasteiger partial charge >= 0.3 is 0 Å². The molecule has 0 saturated heterocycles. The summed E-state index contributed by atoms with van der Waals surface area (Å²) < 4.78 is 20.5. The van der Waals surface area contributed by atoms with Crippen molar-refractivity contribution in [1.82, 2.24) is 14.7 Å². The fourth-order valence-electron chi connectivity index (χ4n) is 2.72. The molecule has 5 nitrogen and oxygen atoms in total. The van der Waals surface area contributed by atoms with Crippen LogP contribution in [0.1, 0.15) is 22.8 Å². The van der Waals surface area contributed by atoms with E-state index >= 15 is 0 Å². The molecule has 0 N–H and O–H groups in total. The molecule has 0 radical (unpaired) electrons. The van der Waals surface area contributed by atoms with Crippen LogP contribution in [-0.4, -0.2) is 34.2 Å². The Labute approximate surface area is 151 Å². The van der Waals surface area contributed by atoms with Crippen molar-refractivity contribution >= 4 is 5.91 Å². The number of carbonyl (C=O) groups excluding carboxylic acids is 1. The molecule has 0 unspecified atom stereocenters. The van der Waals surface area contributed by atoms with Crippen LogP contribution in [-0.2, 0) is 6.54 Å². The maximum absolute atomic E-state index is 13.9. The second kappa shape index (κ2) is 7.82. The van der Waals surface area contributed by atoms with Crippen LogP contribution >= 0.6 is 0 Å². The molecule has 26 heavy (non-hydrogen) atoms. The Kier molecular flexibility index (Phi) is 5.31. The number of ether oxygens (including phenoxy) is 1. The van der Waals surface area contributed by atoms with E-state index in [0.29, 0.717) is 24.2 Å². The largest absolute Gasteiger partial charge is 0.494 e. The lowest BCUT2D eigenvalue weighted by Gasteiger charge is -2.21. The monoisotopic (exact) mass is 353 g/mol. The topological polar surface area (TPSA) is 47.4 Å². The minimum atomic E-state index is -0.433. The van der Waals surface area contributed by atoms with E-state index in [1.807, 2.05) is 31.3 Å². The van der Waals surface area contributed by atoms with Crippen molar-refractivity contribution in [3.8, 4) is 11.4 Å². The first kappa shape index (κ1) is 17.7. The van der Waals surface area contributed by atoms with E-state index in [4.69, 9.17) is 4.74 Å². The number of amides is 1. The lowest BCUT2D eigenvalue weighted by Crippen LogP contribution is -2.30. The summed E-state index contributed by atoms with van der Waals surface area (Å²) in [5, 5.41) is 4.17. The molecule has 0 aliphatic heterocycles. The van der Waals surface area contributed by atoms with Gasteiger partial charge in [-0.05, 0) is 55.0 Å². The molecule has 1 heterocycles. The van der Waals surface area contributed by atoms with Crippen molar-refractivity contribution in [1.29, 1.82) is 0 Å². The van der Waals surface area contributed by atoms with E-state index < -0.39 is 5.82 Å². The van der Waals surface area contributed by atoms with Crippen molar-refractivity contribution in [3.05, 3.63) is 77.9 Å². The summed E-state index contributed by atoms with van der Waals surface area (Å²) >= 11 is 0. The molecular formula is C20H20FN3O2. The zero-order valence-electron chi connectivity index (χ0n) is 14.7. The molecule has 0 saturated carbocycles. The van der Waals surface area contributed by atoms with Crippen molar-refractivity contribution < 1.29 is 13.9 Å². The highest BCUT2D eigenvalue weighted by molar-refractivity contribution is 5.94. The second-order valence-corrected chi connectivity index (χ2v) is 5.79. The fourth-order valence-corrected chi connectivity index (χ4v) is 2.72. The van der Waals surface area contributed by atoms with E-state index in [1.54, 1.807) is 40.0 Å². The van der Waals surface area contributed by atoms with Gasteiger partial charge in [-0.3, -0.25) is 4.79 Å². The summed E-state index contributed by atoms with van der Waals surface area (Å²) in [4.78, 5) is 14.4. The molecule has 0 atom stereocenters. The second-order valence-electron chi connectivity index (χ2n) is 5.79. The Morgan fingerprint density at radius 3 is 2.58 bits per heavy atom. The predicted octanol–water partition coefficient (Wildman–Crippen LogP) is 3.68. The van der Waals surface area contributed by atoms with Crippen molar-refractivity contribution in [3.63, 3.8) is 0 Å². The molecule has 0 spiro atoms. The molecule has 3 aromatic rings. The third kappa shape index (κ3) is 3.74. The summed E-state index contributed by atoms with van der Waals surface area (Å²) in [5.74, 6) is -0.342. The van der Waals surface area contributed by atoms with Gasteiger partial charge in [-0.15, -0.1) is 0 Å². The number of carbonyl (C=O) groups is 1. The highest BCUT2D eigenvalue weighted by Gasteiger charge is 2.15. The molecule has 6 heteroatoms. The fraction of sp³-hybridized carbons (Fsp3) is 0.200. The van der Waals surface area contributed by atoms with E-state index in [9.17, 15) is 9.18 Å². The first-order valence-electron chi connectivity index (χ1n) is 8.34. The van der Waals surface area contributed by atoms with Gasteiger partial charge in [0, 0.05) is 31.0 Å². The summed E-state index contributed by atoms with van der Waals surface area (Å²) in [7, 11) is 1.42. The van der Waals surface area contributed by atoms with E-state index in [1.165, 1.54) is 13.2 Å². The highest BCUT2D eigenvalue weighted by atomic mass is 19.1. The minimum Gasteiger partial charge on any atom is -0.494 e. The zero-order valence-corrected chi connectivity index (χ0v) is 14.7. The molecule has 2 aromatic carbocycles. The van der Waals surface area contributed by atoms with Crippen LogP contribution in [0.5, 0.6) is 5.75 Å². The Hall–Kier alpha value is -3.15. The predicted molar refractivity (Wildman–Crippen MR) is 96.9 cm³/mol. The lowest BCUT2D eigenvalue weighted by molar-refractivity contribution is 0.0752. The standard InChI is InChI=1S/C20H20FN3O2/c1-3-23(14-15-5-10-19(26-2)18(21)13-15)20(25)16-6-8-17(9-7-16)24-12-4-11-22-24/h4-13H,3,14H2,1-2H3. The van der Waals surface area contributed by atoms with Gasteiger partial charge in [-0.2, -0.15) is 5.10 Å². The maximum atomic E-state index is 13.9. The third-order valence-electron chi connectivity index (χ3n) is 4.14. The first-order chi connectivity index (χ1) is 12.6.